The topological polar surface area (TPSA) is 106 Å². The average Bonchev–Trinajstić information content (AvgIpc) is 3.13. The molecule has 4 N–H and O–H groups in total. The van der Waals surface area contributed by atoms with Crippen molar-refractivity contribution in [2.24, 2.45) is 5.73 Å². The van der Waals surface area contributed by atoms with E-state index in [1.807, 2.05) is 50.2 Å². The van der Waals surface area contributed by atoms with Crippen LogP contribution in [-0.4, -0.2) is 27.7 Å². The van der Waals surface area contributed by atoms with Crippen molar-refractivity contribution in [3.8, 4) is 17.1 Å². The number of nitrogens with zero attached hydrogens (tertiary/aromatic N) is 2. The molecule has 0 unspecified atom stereocenters. The van der Waals surface area contributed by atoms with E-state index < -0.39 is 0 Å². The molecular weight excluding hydrogens is 342 g/mol. The van der Waals surface area contributed by atoms with Crippen LogP contribution in [0.4, 0.5) is 5.69 Å². The summed E-state index contributed by atoms with van der Waals surface area (Å²) in [4.78, 5) is 16.4. The Kier molecular flexibility index (Phi) is 5.83. The first-order chi connectivity index (χ1) is 13.0. The summed E-state index contributed by atoms with van der Waals surface area (Å²) in [5.41, 5.74) is 9.33. The molecule has 0 saturated carbocycles. The number of H-pyrrole nitrogens is 1. The maximum absolute atomic E-state index is 12.1. The number of benzene rings is 2. The normalized spacial score (nSPS) is 10.6. The lowest BCUT2D eigenvalue weighted by molar-refractivity contribution is -0.116. The van der Waals surface area contributed by atoms with Crippen LogP contribution in [0, 0.1) is 13.8 Å². The number of hydrogen-bond acceptors (Lipinski definition) is 5. The molecule has 0 spiro atoms. The van der Waals surface area contributed by atoms with E-state index in [9.17, 15) is 4.79 Å². The Labute approximate surface area is 158 Å². The van der Waals surface area contributed by atoms with E-state index in [1.54, 1.807) is 0 Å². The Morgan fingerprint density at radius 2 is 1.96 bits per heavy atom. The van der Waals surface area contributed by atoms with Gasteiger partial charge in [0, 0.05) is 11.3 Å². The summed E-state index contributed by atoms with van der Waals surface area (Å²) < 4.78 is 5.70. The van der Waals surface area contributed by atoms with Gasteiger partial charge in [0.05, 0.1) is 19.6 Å². The van der Waals surface area contributed by atoms with Crippen LogP contribution in [0.2, 0.25) is 0 Å². The summed E-state index contributed by atoms with van der Waals surface area (Å²) >= 11 is 0. The molecule has 1 aromatic heterocycles. The van der Waals surface area contributed by atoms with E-state index in [0.717, 1.165) is 16.9 Å². The lowest BCUT2D eigenvalue weighted by Gasteiger charge is -2.10. The zero-order valence-corrected chi connectivity index (χ0v) is 15.5. The maximum atomic E-state index is 12.1. The molecule has 0 radical (unpaired) electrons. The molecule has 7 nitrogen and oxygen atoms in total. The van der Waals surface area contributed by atoms with Gasteiger partial charge in [0.15, 0.2) is 5.82 Å². The van der Waals surface area contributed by atoms with Crippen LogP contribution in [0.15, 0.2) is 42.5 Å². The van der Waals surface area contributed by atoms with Gasteiger partial charge in [0.1, 0.15) is 11.6 Å². The average molecular weight is 365 g/mol. The van der Waals surface area contributed by atoms with E-state index >= 15 is 0 Å². The van der Waals surface area contributed by atoms with Gasteiger partial charge in [-0.05, 0) is 49.7 Å². The maximum Gasteiger partial charge on any atom is 0.227 e. The zero-order chi connectivity index (χ0) is 19.2. The predicted octanol–water partition coefficient (Wildman–Crippen LogP) is 2.95. The predicted molar refractivity (Wildman–Crippen MR) is 104 cm³/mol. The molecule has 0 fully saturated rings. The van der Waals surface area contributed by atoms with E-state index in [0.29, 0.717) is 30.5 Å². The Hall–Kier alpha value is -3.19. The van der Waals surface area contributed by atoms with Gasteiger partial charge in [-0.1, -0.05) is 17.7 Å². The highest BCUT2D eigenvalue weighted by atomic mass is 16.5. The van der Waals surface area contributed by atoms with Gasteiger partial charge in [0.2, 0.25) is 5.91 Å². The molecule has 7 heteroatoms. The Bertz CT molecular complexity index is 918. The van der Waals surface area contributed by atoms with Crippen molar-refractivity contribution in [2.75, 3.05) is 11.9 Å². The van der Waals surface area contributed by atoms with Crippen LogP contribution in [0.5, 0.6) is 5.75 Å². The van der Waals surface area contributed by atoms with Crippen molar-refractivity contribution in [1.82, 2.24) is 15.2 Å². The smallest absolute Gasteiger partial charge is 0.227 e. The van der Waals surface area contributed by atoms with Gasteiger partial charge in [0.25, 0.3) is 0 Å². The summed E-state index contributed by atoms with van der Waals surface area (Å²) in [6.07, 6.45) is 0.274. The molecule has 0 aliphatic carbocycles. The van der Waals surface area contributed by atoms with Gasteiger partial charge in [-0.25, -0.2) is 4.98 Å². The van der Waals surface area contributed by atoms with Crippen molar-refractivity contribution in [1.29, 1.82) is 0 Å². The standard InChI is InChI=1S/C20H23N5O2/c1-13-3-8-17(14(2)11-13)27-10-9-19(26)22-16-6-4-15(5-7-16)20-23-18(12-21)24-25-20/h3-8,11H,9-10,12,21H2,1-2H3,(H,22,26)(H,23,24,25). The number of aromatic amines is 1. The molecule has 2 aromatic carbocycles. The molecule has 0 aliphatic heterocycles. The fraction of sp³-hybridized carbons (Fsp3) is 0.250. The summed E-state index contributed by atoms with van der Waals surface area (Å²) in [5, 5.41) is 9.74. The first kappa shape index (κ1) is 18.6. The van der Waals surface area contributed by atoms with Gasteiger partial charge in [-0.2, -0.15) is 5.10 Å². The molecule has 0 bridgehead atoms. The summed E-state index contributed by atoms with van der Waals surface area (Å²) in [6.45, 7) is 4.67. The van der Waals surface area contributed by atoms with Crippen LogP contribution in [0.1, 0.15) is 23.4 Å². The highest BCUT2D eigenvalue weighted by molar-refractivity contribution is 5.91. The number of amides is 1. The minimum absolute atomic E-state index is 0.101. The molecule has 0 aliphatic rings. The minimum atomic E-state index is -0.101. The first-order valence-corrected chi connectivity index (χ1v) is 8.77. The Balaban J connectivity index is 1.50. The van der Waals surface area contributed by atoms with Gasteiger partial charge < -0.3 is 15.8 Å². The first-order valence-electron chi connectivity index (χ1n) is 8.77. The quantitative estimate of drug-likeness (QED) is 0.597. The number of aryl methyl sites for hydroxylation is 2. The second kappa shape index (κ2) is 8.46. The molecule has 140 valence electrons. The number of nitrogens with two attached hydrogens (primary N) is 1. The van der Waals surface area contributed by atoms with Crippen LogP contribution < -0.4 is 15.8 Å². The monoisotopic (exact) mass is 365 g/mol. The summed E-state index contributed by atoms with van der Waals surface area (Å²) in [5.74, 6) is 1.92. The molecule has 27 heavy (non-hydrogen) atoms. The van der Waals surface area contributed by atoms with Crippen LogP contribution in [0.3, 0.4) is 0 Å². The van der Waals surface area contributed by atoms with Crippen molar-refractivity contribution < 1.29 is 9.53 Å². The van der Waals surface area contributed by atoms with Crippen molar-refractivity contribution in [2.45, 2.75) is 26.8 Å². The second-order valence-electron chi connectivity index (χ2n) is 6.30. The number of carbonyl (C=O) groups is 1. The number of ether oxygens (including phenoxy) is 1. The Morgan fingerprint density at radius 1 is 1.19 bits per heavy atom. The number of rotatable bonds is 7. The van der Waals surface area contributed by atoms with E-state index in [-0.39, 0.29) is 12.3 Å². The van der Waals surface area contributed by atoms with Crippen LogP contribution >= 0.6 is 0 Å². The van der Waals surface area contributed by atoms with Crippen LogP contribution in [-0.2, 0) is 11.3 Å². The fourth-order valence-electron chi connectivity index (χ4n) is 2.66. The molecule has 1 heterocycles. The number of hydrogen-bond donors (Lipinski definition) is 3. The lowest BCUT2D eigenvalue weighted by Crippen LogP contribution is -2.15. The fourth-order valence-corrected chi connectivity index (χ4v) is 2.66. The third-order valence-corrected chi connectivity index (χ3v) is 4.07. The van der Waals surface area contributed by atoms with Crippen molar-refractivity contribution >= 4 is 11.6 Å². The molecule has 0 atom stereocenters. The summed E-state index contributed by atoms with van der Waals surface area (Å²) in [6, 6.07) is 13.3. The molecule has 1 amide bonds. The van der Waals surface area contributed by atoms with Gasteiger partial charge in [-0.15, -0.1) is 0 Å². The highest BCUT2D eigenvalue weighted by Gasteiger charge is 2.07. The van der Waals surface area contributed by atoms with Gasteiger partial charge in [-0.3, -0.25) is 9.89 Å². The van der Waals surface area contributed by atoms with E-state index in [1.165, 1.54) is 5.56 Å². The Morgan fingerprint density at radius 3 is 2.63 bits per heavy atom. The second-order valence-corrected chi connectivity index (χ2v) is 6.30. The van der Waals surface area contributed by atoms with Gasteiger partial charge >= 0.3 is 0 Å². The number of nitrogens with one attached hydrogen (secondary N) is 2. The van der Waals surface area contributed by atoms with E-state index in [4.69, 9.17) is 10.5 Å². The SMILES string of the molecule is Cc1ccc(OCCC(=O)Nc2ccc(-c3n[nH]c(CN)n3)cc2)c(C)c1. The minimum Gasteiger partial charge on any atom is -0.493 e. The summed E-state index contributed by atoms with van der Waals surface area (Å²) in [7, 11) is 0. The number of aromatic nitrogens is 3. The number of carbonyl (C=O) groups excluding carboxylic acids is 1. The van der Waals surface area contributed by atoms with Crippen LogP contribution in [0.25, 0.3) is 11.4 Å². The van der Waals surface area contributed by atoms with Crippen molar-refractivity contribution in [3.05, 3.63) is 59.4 Å². The number of anilines is 1. The third kappa shape index (κ3) is 4.92. The van der Waals surface area contributed by atoms with Crippen molar-refractivity contribution in [3.63, 3.8) is 0 Å². The third-order valence-electron chi connectivity index (χ3n) is 4.07. The molecule has 3 rings (SSSR count). The zero-order valence-electron chi connectivity index (χ0n) is 15.5. The largest absolute Gasteiger partial charge is 0.493 e. The highest BCUT2D eigenvalue weighted by Crippen LogP contribution is 2.20. The molecular formula is C20H23N5O2. The van der Waals surface area contributed by atoms with E-state index in [2.05, 4.69) is 26.6 Å². The molecule has 0 saturated heterocycles. The molecule has 3 aromatic rings. The lowest BCUT2D eigenvalue weighted by atomic mass is 10.1.